The van der Waals surface area contributed by atoms with Gasteiger partial charge >= 0.3 is 5.97 Å². The summed E-state index contributed by atoms with van der Waals surface area (Å²) in [5, 5.41) is 3.37. The maximum absolute atomic E-state index is 12.1. The molecule has 1 aliphatic carbocycles. The zero-order valence-electron chi connectivity index (χ0n) is 11.8. The SMILES string of the molecule is CCOC(=O)c1c(NC(=O)[C@@H](N)CC)sc2c1CCC2. The molecule has 1 aromatic rings. The topological polar surface area (TPSA) is 81.4 Å². The van der Waals surface area contributed by atoms with Gasteiger partial charge in [0.2, 0.25) is 5.91 Å². The fourth-order valence-electron chi connectivity index (χ4n) is 2.30. The Bertz CT molecular complexity index is 525. The van der Waals surface area contributed by atoms with Gasteiger partial charge in [-0.2, -0.15) is 0 Å². The number of ether oxygens (including phenoxy) is 1. The molecule has 20 heavy (non-hydrogen) atoms. The van der Waals surface area contributed by atoms with Gasteiger partial charge in [0, 0.05) is 4.88 Å². The molecule has 5 nitrogen and oxygen atoms in total. The van der Waals surface area contributed by atoms with Crippen molar-refractivity contribution in [2.45, 2.75) is 45.6 Å². The second-order valence-corrected chi connectivity index (χ2v) is 5.89. The molecule has 0 saturated carbocycles. The number of carbonyl (C=O) groups is 2. The molecule has 0 fully saturated rings. The van der Waals surface area contributed by atoms with Gasteiger partial charge < -0.3 is 15.8 Å². The van der Waals surface area contributed by atoms with E-state index in [9.17, 15) is 9.59 Å². The molecular formula is C14H20N2O3S. The van der Waals surface area contributed by atoms with Gasteiger partial charge in [-0.05, 0) is 38.2 Å². The highest BCUT2D eigenvalue weighted by atomic mass is 32.1. The molecule has 3 N–H and O–H groups in total. The maximum Gasteiger partial charge on any atom is 0.341 e. The second-order valence-electron chi connectivity index (χ2n) is 4.79. The van der Waals surface area contributed by atoms with Gasteiger partial charge in [-0.1, -0.05) is 6.92 Å². The molecule has 0 aromatic carbocycles. The van der Waals surface area contributed by atoms with E-state index >= 15 is 0 Å². The molecule has 0 bridgehead atoms. The van der Waals surface area contributed by atoms with E-state index in [2.05, 4.69) is 5.32 Å². The van der Waals surface area contributed by atoms with Crippen molar-refractivity contribution in [3.05, 3.63) is 16.0 Å². The smallest absolute Gasteiger partial charge is 0.341 e. The Kier molecular flexibility index (Phi) is 4.77. The summed E-state index contributed by atoms with van der Waals surface area (Å²) in [6.45, 7) is 3.95. The van der Waals surface area contributed by atoms with Gasteiger partial charge in [0.15, 0.2) is 0 Å². The van der Waals surface area contributed by atoms with Crippen molar-refractivity contribution in [2.75, 3.05) is 11.9 Å². The van der Waals surface area contributed by atoms with Gasteiger partial charge in [0.25, 0.3) is 0 Å². The first-order valence-corrected chi connectivity index (χ1v) is 7.78. The van der Waals surface area contributed by atoms with Crippen LogP contribution in [0.4, 0.5) is 5.00 Å². The lowest BCUT2D eigenvalue weighted by molar-refractivity contribution is -0.117. The summed E-state index contributed by atoms with van der Waals surface area (Å²) in [5.74, 6) is -0.606. The van der Waals surface area contributed by atoms with Crippen LogP contribution in [0.15, 0.2) is 0 Å². The Morgan fingerprint density at radius 1 is 1.40 bits per heavy atom. The number of esters is 1. The molecule has 110 valence electrons. The zero-order chi connectivity index (χ0) is 14.7. The minimum absolute atomic E-state index is 0.252. The standard InChI is InChI=1S/C14H20N2O3S/c1-3-9(15)12(17)16-13-11(14(18)19-4-2)8-6-5-7-10(8)20-13/h9H,3-7,15H2,1-2H3,(H,16,17)/t9-/m0/s1. The molecule has 1 heterocycles. The third kappa shape index (κ3) is 2.86. The minimum Gasteiger partial charge on any atom is -0.462 e. The lowest BCUT2D eigenvalue weighted by atomic mass is 10.1. The number of thiophene rings is 1. The first kappa shape index (κ1) is 15.0. The predicted molar refractivity (Wildman–Crippen MR) is 79.2 cm³/mol. The van der Waals surface area contributed by atoms with Crippen LogP contribution < -0.4 is 11.1 Å². The van der Waals surface area contributed by atoms with Gasteiger partial charge in [0.1, 0.15) is 5.00 Å². The van der Waals surface area contributed by atoms with Crippen molar-refractivity contribution in [3.8, 4) is 0 Å². The third-order valence-electron chi connectivity index (χ3n) is 3.41. The molecule has 0 unspecified atom stereocenters. The molecule has 1 aliphatic rings. The Hall–Kier alpha value is -1.40. The monoisotopic (exact) mass is 296 g/mol. The van der Waals surface area contributed by atoms with E-state index < -0.39 is 6.04 Å². The van der Waals surface area contributed by atoms with Crippen LogP contribution in [-0.2, 0) is 22.4 Å². The van der Waals surface area contributed by atoms with E-state index in [0.29, 0.717) is 23.6 Å². The summed E-state index contributed by atoms with van der Waals surface area (Å²) < 4.78 is 5.11. The number of aryl methyl sites for hydroxylation is 1. The number of nitrogens with one attached hydrogen (secondary N) is 1. The number of carbonyl (C=O) groups excluding carboxylic acids is 2. The van der Waals surface area contributed by atoms with E-state index in [4.69, 9.17) is 10.5 Å². The van der Waals surface area contributed by atoms with Crippen molar-refractivity contribution in [1.82, 2.24) is 0 Å². The van der Waals surface area contributed by atoms with Gasteiger partial charge in [-0.25, -0.2) is 4.79 Å². The Morgan fingerprint density at radius 2 is 2.15 bits per heavy atom. The molecule has 2 rings (SSSR count). The number of hydrogen-bond donors (Lipinski definition) is 2. The van der Waals surface area contributed by atoms with Crippen LogP contribution in [0.2, 0.25) is 0 Å². The van der Waals surface area contributed by atoms with Crippen LogP contribution in [0, 0.1) is 0 Å². The fourth-order valence-corrected chi connectivity index (χ4v) is 3.58. The van der Waals surface area contributed by atoms with Crippen molar-refractivity contribution in [2.24, 2.45) is 5.73 Å². The van der Waals surface area contributed by atoms with E-state index in [0.717, 1.165) is 24.8 Å². The average molecular weight is 296 g/mol. The highest BCUT2D eigenvalue weighted by molar-refractivity contribution is 7.17. The van der Waals surface area contributed by atoms with E-state index in [1.807, 2.05) is 6.92 Å². The number of hydrogen-bond acceptors (Lipinski definition) is 5. The first-order valence-electron chi connectivity index (χ1n) is 6.96. The fraction of sp³-hybridized carbons (Fsp3) is 0.571. The number of amides is 1. The van der Waals surface area contributed by atoms with Crippen LogP contribution in [0.1, 0.15) is 47.5 Å². The minimum atomic E-state index is -0.554. The highest BCUT2D eigenvalue weighted by Gasteiger charge is 2.28. The summed E-state index contributed by atoms with van der Waals surface area (Å²) in [5.41, 5.74) is 7.28. The summed E-state index contributed by atoms with van der Waals surface area (Å²) in [6, 6.07) is -0.554. The summed E-state index contributed by atoms with van der Waals surface area (Å²) >= 11 is 1.47. The number of rotatable bonds is 5. The average Bonchev–Trinajstić information content (AvgIpc) is 2.97. The van der Waals surface area contributed by atoms with Crippen LogP contribution in [-0.4, -0.2) is 24.5 Å². The van der Waals surface area contributed by atoms with Crippen LogP contribution in [0.25, 0.3) is 0 Å². The van der Waals surface area contributed by atoms with Crippen molar-refractivity contribution in [1.29, 1.82) is 0 Å². The summed E-state index contributed by atoms with van der Waals surface area (Å²) in [6.07, 6.45) is 3.44. The van der Waals surface area contributed by atoms with Crippen molar-refractivity contribution >= 4 is 28.2 Å². The van der Waals surface area contributed by atoms with Gasteiger partial charge in [0.05, 0.1) is 18.2 Å². The van der Waals surface area contributed by atoms with E-state index in [1.165, 1.54) is 16.2 Å². The molecule has 6 heteroatoms. The number of nitrogens with two attached hydrogens (primary N) is 1. The molecule has 1 aromatic heterocycles. The second kappa shape index (κ2) is 6.37. The summed E-state index contributed by atoms with van der Waals surface area (Å²) in [7, 11) is 0. The molecule has 1 amide bonds. The molecular weight excluding hydrogens is 276 g/mol. The molecule has 0 aliphatic heterocycles. The third-order valence-corrected chi connectivity index (χ3v) is 4.62. The van der Waals surface area contributed by atoms with Crippen LogP contribution >= 0.6 is 11.3 Å². The molecule has 0 spiro atoms. The van der Waals surface area contributed by atoms with E-state index in [1.54, 1.807) is 6.92 Å². The Labute approximate surface area is 122 Å². The Balaban J connectivity index is 2.29. The lowest BCUT2D eigenvalue weighted by Crippen LogP contribution is -2.35. The van der Waals surface area contributed by atoms with Crippen molar-refractivity contribution < 1.29 is 14.3 Å². The summed E-state index contributed by atoms with van der Waals surface area (Å²) in [4.78, 5) is 25.2. The number of fused-ring (bicyclic) bond motifs is 1. The largest absolute Gasteiger partial charge is 0.462 e. The first-order chi connectivity index (χ1) is 9.58. The van der Waals surface area contributed by atoms with Gasteiger partial charge in [-0.3, -0.25) is 4.79 Å². The quantitative estimate of drug-likeness (QED) is 0.815. The maximum atomic E-state index is 12.1. The zero-order valence-corrected chi connectivity index (χ0v) is 12.6. The molecule has 0 saturated heterocycles. The van der Waals surface area contributed by atoms with Crippen LogP contribution in [0.5, 0.6) is 0 Å². The van der Waals surface area contributed by atoms with E-state index in [-0.39, 0.29) is 11.9 Å². The lowest BCUT2D eigenvalue weighted by Gasteiger charge is -2.11. The Morgan fingerprint density at radius 3 is 2.80 bits per heavy atom. The predicted octanol–water partition coefficient (Wildman–Crippen LogP) is 2.09. The molecule has 0 radical (unpaired) electrons. The molecule has 1 atom stereocenters. The highest BCUT2D eigenvalue weighted by Crippen LogP contribution is 2.39. The van der Waals surface area contributed by atoms with Crippen molar-refractivity contribution in [3.63, 3.8) is 0 Å². The normalized spacial score (nSPS) is 14.8. The number of anilines is 1. The van der Waals surface area contributed by atoms with Crippen LogP contribution in [0.3, 0.4) is 0 Å². The van der Waals surface area contributed by atoms with Gasteiger partial charge in [-0.15, -0.1) is 11.3 Å².